The number of nitrogen functional groups attached to an aromatic ring is 1. The lowest BCUT2D eigenvalue weighted by molar-refractivity contribution is 0.534. The second-order valence-electron chi connectivity index (χ2n) is 5.05. The van der Waals surface area contributed by atoms with Crippen LogP contribution < -0.4 is 11.1 Å². The van der Waals surface area contributed by atoms with Crippen LogP contribution in [0.4, 0.5) is 11.5 Å². The summed E-state index contributed by atoms with van der Waals surface area (Å²) in [6.07, 6.45) is 0. The normalized spacial score (nSPS) is 10.6. The van der Waals surface area contributed by atoms with Crippen LogP contribution in [0.25, 0.3) is 0 Å². The Hall–Kier alpha value is -2.48. The maximum Gasteiger partial charge on any atom is 0.148 e. The third kappa shape index (κ3) is 2.75. The summed E-state index contributed by atoms with van der Waals surface area (Å²) in [6.45, 7) is 6.69. The van der Waals surface area contributed by atoms with Crippen LogP contribution in [0.1, 0.15) is 36.7 Å². The van der Waals surface area contributed by atoms with Crippen molar-refractivity contribution in [2.45, 2.75) is 33.4 Å². The molecule has 0 unspecified atom stereocenters. The fourth-order valence-corrected chi connectivity index (χ4v) is 1.99. The minimum atomic E-state index is 0.245. The molecule has 0 atom stereocenters. The third-order valence-corrected chi connectivity index (χ3v) is 3.16. The Bertz CT molecular complexity index is 632. The molecular formula is C15H19N5. The van der Waals surface area contributed by atoms with Crippen LogP contribution in [-0.2, 0) is 6.54 Å². The Morgan fingerprint density at radius 1 is 1.35 bits per heavy atom. The topological polar surface area (TPSA) is 79.7 Å². The van der Waals surface area contributed by atoms with Crippen LogP contribution in [0.5, 0.6) is 0 Å². The smallest absolute Gasteiger partial charge is 0.148 e. The third-order valence-electron chi connectivity index (χ3n) is 3.16. The van der Waals surface area contributed by atoms with Gasteiger partial charge >= 0.3 is 0 Å². The number of rotatable bonds is 4. The minimum absolute atomic E-state index is 0.245. The van der Waals surface area contributed by atoms with E-state index in [-0.39, 0.29) is 6.04 Å². The van der Waals surface area contributed by atoms with Gasteiger partial charge in [0.25, 0.3) is 0 Å². The van der Waals surface area contributed by atoms with Gasteiger partial charge in [-0.05, 0) is 38.5 Å². The molecule has 0 fully saturated rings. The minimum Gasteiger partial charge on any atom is -0.394 e. The van der Waals surface area contributed by atoms with Gasteiger partial charge in [0.2, 0.25) is 0 Å². The molecule has 3 N–H and O–H groups in total. The molecule has 0 aliphatic rings. The van der Waals surface area contributed by atoms with Crippen molar-refractivity contribution in [3.05, 3.63) is 41.1 Å². The molecule has 0 saturated carbocycles. The number of nitrogens with one attached hydrogen (secondary N) is 1. The van der Waals surface area contributed by atoms with Crippen molar-refractivity contribution in [1.82, 2.24) is 9.78 Å². The number of anilines is 2. The predicted molar refractivity (Wildman–Crippen MR) is 80.2 cm³/mol. The van der Waals surface area contributed by atoms with Crippen LogP contribution >= 0.6 is 0 Å². The number of hydrogen-bond acceptors (Lipinski definition) is 4. The van der Waals surface area contributed by atoms with Crippen LogP contribution in [0, 0.1) is 18.3 Å². The average Bonchev–Trinajstić information content (AvgIpc) is 2.73. The van der Waals surface area contributed by atoms with Crippen molar-refractivity contribution in [2.24, 2.45) is 0 Å². The van der Waals surface area contributed by atoms with Crippen molar-refractivity contribution in [1.29, 1.82) is 5.26 Å². The number of nitriles is 1. The Morgan fingerprint density at radius 2 is 2.00 bits per heavy atom. The average molecular weight is 269 g/mol. The molecule has 0 aliphatic carbocycles. The van der Waals surface area contributed by atoms with E-state index in [1.54, 1.807) is 0 Å². The molecule has 1 aromatic carbocycles. The summed E-state index contributed by atoms with van der Waals surface area (Å²) in [5, 5.41) is 16.5. The van der Waals surface area contributed by atoms with Gasteiger partial charge in [-0.1, -0.05) is 12.1 Å². The van der Waals surface area contributed by atoms with Crippen molar-refractivity contribution in [2.75, 3.05) is 11.1 Å². The fraction of sp³-hybridized carbons (Fsp3) is 0.333. The van der Waals surface area contributed by atoms with Gasteiger partial charge in [0.15, 0.2) is 0 Å². The maximum atomic E-state index is 8.78. The predicted octanol–water partition coefficient (Wildman–Crippen LogP) is 2.84. The molecule has 1 aromatic heterocycles. The molecule has 1 heterocycles. The van der Waals surface area contributed by atoms with E-state index in [0.717, 1.165) is 17.1 Å². The Kier molecular flexibility index (Phi) is 3.94. The highest BCUT2D eigenvalue weighted by molar-refractivity contribution is 5.65. The van der Waals surface area contributed by atoms with Crippen LogP contribution in [-0.4, -0.2) is 9.78 Å². The summed E-state index contributed by atoms with van der Waals surface area (Å²) in [5.74, 6) is 0.849. The summed E-state index contributed by atoms with van der Waals surface area (Å²) in [6, 6.07) is 9.85. The SMILES string of the molecule is Cc1nn(C(C)C)c(NCc2ccc(C#N)cc2)c1N. The molecule has 0 bridgehead atoms. The molecule has 0 amide bonds. The van der Waals surface area contributed by atoms with Crippen molar-refractivity contribution in [3.8, 4) is 6.07 Å². The van der Waals surface area contributed by atoms with Crippen LogP contribution in [0.15, 0.2) is 24.3 Å². The summed E-state index contributed by atoms with van der Waals surface area (Å²) in [4.78, 5) is 0. The molecule has 0 spiro atoms. The lowest BCUT2D eigenvalue weighted by Gasteiger charge is -2.13. The molecule has 2 aromatic rings. The highest BCUT2D eigenvalue weighted by Crippen LogP contribution is 2.25. The fourth-order valence-electron chi connectivity index (χ4n) is 1.99. The van der Waals surface area contributed by atoms with E-state index in [9.17, 15) is 0 Å². The number of benzene rings is 1. The van der Waals surface area contributed by atoms with E-state index in [1.807, 2.05) is 35.9 Å². The Morgan fingerprint density at radius 3 is 2.55 bits per heavy atom. The second kappa shape index (κ2) is 5.66. The molecule has 0 radical (unpaired) electrons. The van der Waals surface area contributed by atoms with Gasteiger partial charge in [0, 0.05) is 12.6 Å². The van der Waals surface area contributed by atoms with E-state index in [1.165, 1.54) is 0 Å². The highest BCUT2D eigenvalue weighted by atomic mass is 15.4. The first-order chi connectivity index (χ1) is 9.52. The van der Waals surface area contributed by atoms with Gasteiger partial charge < -0.3 is 11.1 Å². The van der Waals surface area contributed by atoms with Gasteiger partial charge in [0.05, 0.1) is 23.0 Å². The zero-order valence-corrected chi connectivity index (χ0v) is 12.0. The van der Waals surface area contributed by atoms with Gasteiger partial charge in [-0.25, -0.2) is 4.68 Å². The Labute approximate surface area is 119 Å². The molecule has 2 rings (SSSR count). The molecule has 0 aliphatic heterocycles. The first kappa shape index (κ1) is 13.9. The molecular weight excluding hydrogens is 250 g/mol. The van der Waals surface area contributed by atoms with Crippen LogP contribution in [0.3, 0.4) is 0 Å². The zero-order valence-electron chi connectivity index (χ0n) is 12.0. The van der Waals surface area contributed by atoms with Crippen molar-refractivity contribution < 1.29 is 0 Å². The molecule has 104 valence electrons. The number of hydrogen-bond donors (Lipinski definition) is 2. The van der Waals surface area contributed by atoms with Crippen molar-refractivity contribution >= 4 is 11.5 Å². The van der Waals surface area contributed by atoms with Gasteiger partial charge in [-0.2, -0.15) is 10.4 Å². The highest BCUT2D eigenvalue weighted by Gasteiger charge is 2.14. The first-order valence-corrected chi connectivity index (χ1v) is 6.60. The van der Waals surface area contributed by atoms with E-state index in [2.05, 4.69) is 30.3 Å². The van der Waals surface area contributed by atoms with Gasteiger partial charge in [0.1, 0.15) is 5.82 Å². The van der Waals surface area contributed by atoms with E-state index < -0.39 is 0 Å². The number of aromatic nitrogens is 2. The quantitative estimate of drug-likeness (QED) is 0.894. The lowest BCUT2D eigenvalue weighted by Crippen LogP contribution is -2.11. The standard InChI is InChI=1S/C15H19N5/c1-10(2)20-15(14(17)11(3)19-20)18-9-13-6-4-12(8-16)5-7-13/h4-7,10,18H,9,17H2,1-3H3. The molecule has 5 nitrogen and oxygen atoms in total. The summed E-state index contributed by atoms with van der Waals surface area (Å²) >= 11 is 0. The van der Waals surface area contributed by atoms with Gasteiger partial charge in [-0.3, -0.25) is 0 Å². The van der Waals surface area contributed by atoms with Gasteiger partial charge in [-0.15, -0.1) is 0 Å². The molecule has 5 heteroatoms. The largest absolute Gasteiger partial charge is 0.394 e. The Balaban J connectivity index is 2.16. The number of nitrogens with two attached hydrogens (primary N) is 1. The van der Waals surface area contributed by atoms with E-state index in [4.69, 9.17) is 11.0 Å². The van der Waals surface area contributed by atoms with Crippen LogP contribution in [0.2, 0.25) is 0 Å². The molecule has 20 heavy (non-hydrogen) atoms. The summed E-state index contributed by atoms with van der Waals surface area (Å²) < 4.78 is 1.90. The van der Waals surface area contributed by atoms with E-state index >= 15 is 0 Å². The van der Waals surface area contributed by atoms with E-state index in [0.29, 0.717) is 17.8 Å². The van der Waals surface area contributed by atoms with Crippen molar-refractivity contribution in [3.63, 3.8) is 0 Å². The zero-order chi connectivity index (χ0) is 14.7. The molecule has 0 saturated heterocycles. The maximum absolute atomic E-state index is 8.78. The first-order valence-electron chi connectivity index (χ1n) is 6.60. The number of aryl methyl sites for hydroxylation is 1. The monoisotopic (exact) mass is 269 g/mol. The number of nitrogens with zero attached hydrogens (tertiary/aromatic N) is 3. The second-order valence-corrected chi connectivity index (χ2v) is 5.05. The summed E-state index contributed by atoms with van der Waals surface area (Å²) in [5.41, 5.74) is 9.34. The lowest BCUT2D eigenvalue weighted by atomic mass is 10.1. The summed E-state index contributed by atoms with van der Waals surface area (Å²) in [7, 11) is 0.